The van der Waals surface area contributed by atoms with E-state index in [-0.39, 0.29) is 11.6 Å². The van der Waals surface area contributed by atoms with E-state index in [1.54, 1.807) is 0 Å². The number of hydrogen-bond donors (Lipinski definition) is 1. The van der Waals surface area contributed by atoms with Gasteiger partial charge >= 0.3 is 5.88 Å². The van der Waals surface area contributed by atoms with Gasteiger partial charge in [-0.15, -0.1) is 0 Å². The molecule has 0 amide bonds. The van der Waals surface area contributed by atoms with E-state index < -0.39 is 11.0 Å². The standard InChI is InChI=1S/C13H13NO4/c1-9-2-4-10(5-3-9)8-11(15)12-6-7-13(18-12)14(16)17/h2-7,11,15H,8H2,1H3. The number of nitro groups is 1. The van der Waals surface area contributed by atoms with Crippen LogP contribution in [0.15, 0.2) is 40.8 Å². The molecule has 0 aliphatic heterocycles. The molecule has 1 aromatic carbocycles. The summed E-state index contributed by atoms with van der Waals surface area (Å²) < 4.78 is 4.95. The molecule has 94 valence electrons. The largest absolute Gasteiger partial charge is 0.433 e. The molecule has 0 saturated heterocycles. The van der Waals surface area contributed by atoms with Crippen molar-refractivity contribution in [2.75, 3.05) is 0 Å². The zero-order valence-corrected chi connectivity index (χ0v) is 9.87. The fraction of sp³-hybridized carbons (Fsp3) is 0.231. The van der Waals surface area contributed by atoms with Gasteiger partial charge in [-0.1, -0.05) is 29.8 Å². The topological polar surface area (TPSA) is 76.5 Å². The normalized spacial score (nSPS) is 12.3. The van der Waals surface area contributed by atoms with Crippen molar-refractivity contribution in [1.29, 1.82) is 0 Å². The maximum absolute atomic E-state index is 10.5. The third-order valence-corrected chi connectivity index (χ3v) is 2.67. The van der Waals surface area contributed by atoms with E-state index in [2.05, 4.69) is 0 Å². The van der Waals surface area contributed by atoms with E-state index in [1.165, 1.54) is 12.1 Å². The van der Waals surface area contributed by atoms with Crippen molar-refractivity contribution in [2.45, 2.75) is 19.4 Å². The lowest BCUT2D eigenvalue weighted by Crippen LogP contribution is -2.00. The molecule has 0 saturated carbocycles. The van der Waals surface area contributed by atoms with Crippen molar-refractivity contribution in [3.63, 3.8) is 0 Å². The van der Waals surface area contributed by atoms with E-state index in [0.29, 0.717) is 6.42 Å². The van der Waals surface area contributed by atoms with Crippen LogP contribution in [-0.2, 0) is 6.42 Å². The monoisotopic (exact) mass is 247 g/mol. The van der Waals surface area contributed by atoms with Gasteiger partial charge in [0.1, 0.15) is 16.8 Å². The van der Waals surface area contributed by atoms with Crippen LogP contribution in [0.4, 0.5) is 5.88 Å². The zero-order valence-electron chi connectivity index (χ0n) is 9.87. The second kappa shape index (κ2) is 5.01. The molecule has 18 heavy (non-hydrogen) atoms. The Labute approximate surface area is 104 Å². The molecule has 0 spiro atoms. The number of hydrogen-bond acceptors (Lipinski definition) is 4. The lowest BCUT2D eigenvalue weighted by molar-refractivity contribution is -0.402. The molecular formula is C13H13NO4. The number of aryl methyl sites for hydroxylation is 1. The molecule has 1 heterocycles. The Kier molecular flexibility index (Phi) is 3.43. The first-order valence-electron chi connectivity index (χ1n) is 5.54. The summed E-state index contributed by atoms with van der Waals surface area (Å²) in [7, 11) is 0. The van der Waals surface area contributed by atoms with Crippen LogP contribution in [0.5, 0.6) is 0 Å². The summed E-state index contributed by atoms with van der Waals surface area (Å²) in [5.41, 5.74) is 2.09. The highest BCUT2D eigenvalue weighted by Crippen LogP contribution is 2.24. The molecule has 1 N–H and O–H groups in total. The number of rotatable bonds is 4. The first-order valence-corrected chi connectivity index (χ1v) is 5.54. The van der Waals surface area contributed by atoms with Crippen molar-refractivity contribution in [3.05, 3.63) is 63.4 Å². The second-order valence-electron chi connectivity index (χ2n) is 4.14. The second-order valence-corrected chi connectivity index (χ2v) is 4.14. The van der Waals surface area contributed by atoms with E-state index >= 15 is 0 Å². The van der Waals surface area contributed by atoms with Gasteiger partial charge in [-0.05, 0) is 18.6 Å². The van der Waals surface area contributed by atoms with Crippen LogP contribution in [0, 0.1) is 17.0 Å². The Balaban J connectivity index is 2.09. The molecule has 1 aromatic heterocycles. The highest BCUT2D eigenvalue weighted by molar-refractivity contribution is 5.24. The minimum atomic E-state index is -0.874. The number of aliphatic hydroxyl groups is 1. The summed E-state index contributed by atoms with van der Waals surface area (Å²) >= 11 is 0. The van der Waals surface area contributed by atoms with Gasteiger partial charge in [-0.2, -0.15) is 0 Å². The number of aliphatic hydroxyl groups excluding tert-OH is 1. The van der Waals surface area contributed by atoms with E-state index in [0.717, 1.165) is 11.1 Å². The van der Waals surface area contributed by atoms with Crippen molar-refractivity contribution in [1.82, 2.24) is 0 Å². The Bertz CT molecular complexity index is 544. The third-order valence-electron chi connectivity index (χ3n) is 2.67. The van der Waals surface area contributed by atoms with Crippen molar-refractivity contribution >= 4 is 5.88 Å². The Morgan fingerprint density at radius 3 is 2.50 bits per heavy atom. The van der Waals surface area contributed by atoms with Gasteiger partial charge in [0.15, 0.2) is 0 Å². The molecule has 2 rings (SSSR count). The van der Waals surface area contributed by atoms with Crippen molar-refractivity contribution in [3.8, 4) is 0 Å². The minimum Gasteiger partial charge on any atom is -0.403 e. The molecule has 5 nitrogen and oxygen atoms in total. The average Bonchev–Trinajstić information content (AvgIpc) is 2.81. The van der Waals surface area contributed by atoms with Crippen molar-refractivity contribution in [2.24, 2.45) is 0 Å². The van der Waals surface area contributed by atoms with Gasteiger partial charge < -0.3 is 9.52 Å². The van der Waals surface area contributed by atoms with Gasteiger partial charge in [-0.3, -0.25) is 10.1 Å². The maximum Gasteiger partial charge on any atom is 0.433 e. The van der Waals surface area contributed by atoms with Gasteiger partial charge in [-0.25, -0.2) is 0 Å². The molecule has 0 bridgehead atoms. The number of benzene rings is 1. The lowest BCUT2D eigenvalue weighted by atomic mass is 10.1. The van der Waals surface area contributed by atoms with Gasteiger partial charge in [0.05, 0.1) is 6.07 Å². The zero-order chi connectivity index (χ0) is 13.1. The smallest absolute Gasteiger partial charge is 0.403 e. The lowest BCUT2D eigenvalue weighted by Gasteiger charge is -2.07. The number of nitrogens with zero attached hydrogens (tertiary/aromatic N) is 1. The van der Waals surface area contributed by atoms with Crippen LogP contribution in [0.2, 0.25) is 0 Å². The molecule has 2 aromatic rings. The summed E-state index contributed by atoms with van der Waals surface area (Å²) in [5, 5.41) is 20.4. The first kappa shape index (κ1) is 12.3. The average molecular weight is 247 g/mol. The summed E-state index contributed by atoms with van der Waals surface area (Å²) in [6.45, 7) is 1.98. The molecule has 5 heteroatoms. The predicted octanol–water partition coefficient (Wildman–Crippen LogP) is 2.77. The summed E-state index contributed by atoms with van der Waals surface area (Å²) in [6, 6.07) is 10.4. The van der Waals surface area contributed by atoms with Crippen LogP contribution < -0.4 is 0 Å². The fourth-order valence-corrected chi connectivity index (χ4v) is 1.67. The Hall–Kier alpha value is -2.14. The fourth-order valence-electron chi connectivity index (χ4n) is 1.67. The first-order chi connectivity index (χ1) is 8.56. The molecule has 1 atom stereocenters. The third kappa shape index (κ3) is 2.75. The highest BCUT2D eigenvalue weighted by atomic mass is 16.6. The summed E-state index contributed by atoms with van der Waals surface area (Å²) in [6.07, 6.45) is -0.508. The summed E-state index contributed by atoms with van der Waals surface area (Å²) in [4.78, 5) is 9.84. The van der Waals surface area contributed by atoms with E-state index in [4.69, 9.17) is 4.42 Å². The van der Waals surface area contributed by atoms with Crippen LogP contribution in [0.3, 0.4) is 0 Å². The van der Waals surface area contributed by atoms with E-state index in [1.807, 2.05) is 31.2 Å². The van der Waals surface area contributed by atoms with Crippen LogP contribution >= 0.6 is 0 Å². The summed E-state index contributed by atoms with van der Waals surface area (Å²) in [5.74, 6) is -0.143. The SMILES string of the molecule is Cc1ccc(CC(O)c2ccc([N+](=O)[O-])o2)cc1. The van der Waals surface area contributed by atoms with Crippen molar-refractivity contribution < 1.29 is 14.4 Å². The Morgan fingerprint density at radius 2 is 1.94 bits per heavy atom. The van der Waals surface area contributed by atoms with Gasteiger partial charge in [0.25, 0.3) is 0 Å². The molecule has 0 radical (unpaired) electrons. The molecular weight excluding hydrogens is 234 g/mol. The van der Waals surface area contributed by atoms with E-state index in [9.17, 15) is 15.2 Å². The van der Waals surface area contributed by atoms with Gasteiger partial charge in [0.2, 0.25) is 0 Å². The quantitative estimate of drug-likeness (QED) is 0.665. The maximum atomic E-state index is 10.5. The molecule has 0 fully saturated rings. The van der Waals surface area contributed by atoms with Crippen LogP contribution in [0.1, 0.15) is 23.0 Å². The molecule has 0 aliphatic carbocycles. The van der Waals surface area contributed by atoms with Gasteiger partial charge in [0, 0.05) is 6.42 Å². The predicted molar refractivity (Wildman–Crippen MR) is 65.2 cm³/mol. The minimum absolute atomic E-state index is 0.210. The Morgan fingerprint density at radius 1 is 1.28 bits per heavy atom. The molecule has 0 aliphatic rings. The number of furan rings is 1. The van der Waals surface area contributed by atoms with Crippen LogP contribution in [0.25, 0.3) is 0 Å². The molecule has 1 unspecified atom stereocenters. The van der Waals surface area contributed by atoms with Crippen LogP contribution in [-0.4, -0.2) is 10.0 Å². The highest BCUT2D eigenvalue weighted by Gasteiger charge is 2.18.